The first kappa shape index (κ1) is 18.2. The molecule has 0 aliphatic carbocycles. The van der Waals surface area contributed by atoms with Crippen LogP contribution in [0.5, 0.6) is 0 Å². The zero-order valence-corrected chi connectivity index (χ0v) is 15.3. The molecule has 6 nitrogen and oxygen atoms in total. The molecule has 8 heteroatoms. The summed E-state index contributed by atoms with van der Waals surface area (Å²) in [6.45, 7) is 1.44. The zero-order chi connectivity index (χ0) is 18.0. The molecule has 1 aliphatic heterocycles. The van der Waals surface area contributed by atoms with Crippen LogP contribution >= 0.6 is 23.2 Å². The van der Waals surface area contributed by atoms with Crippen LogP contribution in [0.4, 0.5) is 0 Å². The van der Waals surface area contributed by atoms with Crippen molar-refractivity contribution < 1.29 is 9.90 Å². The predicted octanol–water partition coefficient (Wildman–Crippen LogP) is 1.88. The van der Waals surface area contributed by atoms with Crippen LogP contribution in [0.1, 0.15) is 23.1 Å². The van der Waals surface area contributed by atoms with E-state index in [1.54, 1.807) is 29.1 Å². The molecule has 25 heavy (non-hydrogen) atoms. The zero-order valence-electron chi connectivity index (χ0n) is 13.7. The minimum absolute atomic E-state index is 0.0754. The second-order valence-corrected chi connectivity index (χ2v) is 7.16. The Morgan fingerprint density at radius 2 is 2.12 bits per heavy atom. The van der Waals surface area contributed by atoms with E-state index in [9.17, 15) is 9.90 Å². The number of aryl methyl sites for hydroxylation is 1. The summed E-state index contributed by atoms with van der Waals surface area (Å²) in [6, 6.07) is 4.88. The van der Waals surface area contributed by atoms with Crippen molar-refractivity contribution >= 4 is 29.1 Å². The first-order valence-corrected chi connectivity index (χ1v) is 8.80. The van der Waals surface area contributed by atoms with Crippen LogP contribution in [0.15, 0.2) is 30.6 Å². The van der Waals surface area contributed by atoms with Crippen molar-refractivity contribution in [3.63, 3.8) is 0 Å². The van der Waals surface area contributed by atoms with Crippen molar-refractivity contribution in [3.05, 3.63) is 51.8 Å². The van der Waals surface area contributed by atoms with Crippen LogP contribution in [0.2, 0.25) is 10.0 Å². The fourth-order valence-corrected chi connectivity index (χ4v) is 3.69. The monoisotopic (exact) mass is 382 g/mol. The Morgan fingerprint density at radius 3 is 2.76 bits per heavy atom. The molecule has 1 saturated heterocycles. The van der Waals surface area contributed by atoms with Crippen molar-refractivity contribution in [2.45, 2.75) is 12.0 Å². The smallest absolute Gasteiger partial charge is 0.225 e. The summed E-state index contributed by atoms with van der Waals surface area (Å²) in [5.74, 6) is -0.211. The first-order chi connectivity index (χ1) is 11.9. The normalized spacial score (nSPS) is 21.3. The van der Waals surface area contributed by atoms with Crippen molar-refractivity contribution in [1.29, 1.82) is 0 Å². The summed E-state index contributed by atoms with van der Waals surface area (Å²) in [6.07, 6.45) is 2.85. The highest BCUT2D eigenvalue weighted by Gasteiger charge is 2.34. The molecule has 1 aromatic heterocycles. The van der Waals surface area contributed by atoms with Gasteiger partial charge in [-0.1, -0.05) is 23.2 Å². The number of carbonyl (C=O) groups excluding carboxylic acids is 1. The lowest BCUT2D eigenvalue weighted by Crippen LogP contribution is -2.36. The second-order valence-electron chi connectivity index (χ2n) is 6.28. The van der Waals surface area contributed by atoms with Crippen LogP contribution in [0.25, 0.3) is 0 Å². The number of nitrogens with one attached hydrogen (secondary N) is 2. The van der Waals surface area contributed by atoms with E-state index in [1.807, 2.05) is 13.2 Å². The molecule has 0 spiro atoms. The summed E-state index contributed by atoms with van der Waals surface area (Å²) in [7, 11) is 1.85. The van der Waals surface area contributed by atoms with Crippen molar-refractivity contribution in [1.82, 2.24) is 20.4 Å². The van der Waals surface area contributed by atoms with Gasteiger partial charge in [0, 0.05) is 48.8 Å². The van der Waals surface area contributed by atoms with E-state index < -0.39 is 6.10 Å². The molecule has 3 rings (SSSR count). The summed E-state index contributed by atoms with van der Waals surface area (Å²) < 4.78 is 1.73. The van der Waals surface area contributed by atoms with Gasteiger partial charge in [-0.15, -0.1) is 0 Å². The third-order valence-electron chi connectivity index (χ3n) is 4.44. The average Bonchev–Trinajstić information content (AvgIpc) is 3.19. The van der Waals surface area contributed by atoms with Crippen molar-refractivity contribution in [2.24, 2.45) is 13.0 Å². The summed E-state index contributed by atoms with van der Waals surface area (Å²) in [5.41, 5.74) is 1.61. The van der Waals surface area contributed by atoms with Gasteiger partial charge in [0.2, 0.25) is 5.91 Å². The van der Waals surface area contributed by atoms with Crippen LogP contribution < -0.4 is 10.6 Å². The standard InChI is InChI=1S/C17H20Cl2N4O2/c1-23-9-11(5-22-23)14-6-20-7-15(14)17(25)21-8-16(24)10-2-12(18)4-13(19)3-10/h2-5,9,14-16,20,24H,6-8H2,1H3,(H,21,25)/t14-,15+,16?/m1/s1. The Balaban J connectivity index is 1.61. The molecule has 3 N–H and O–H groups in total. The van der Waals surface area contributed by atoms with Gasteiger partial charge in [-0.2, -0.15) is 5.10 Å². The molecule has 0 radical (unpaired) electrons. The number of halogens is 2. The quantitative estimate of drug-likeness (QED) is 0.737. The van der Waals surface area contributed by atoms with E-state index in [4.69, 9.17) is 23.2 Å². The molecular weight excluding hydrogens is 363 g/mol. The number of aromatic nitrogens is 2. The van der Waals surface area contributed by atoms with Crippen LogP contribution in [-0.2, 0) is 11.8 Å². The summed E-state index contributed by atoms with van der Waals surface area (Å²) in [5, 5.41) is 21.4. The summed E-state index contributed by atoms with van der Waals surface area (Å²) >= 11 is 11.9. The molecule has 1 unspecified atom stereocenters. The molecule has 0 bridgehead atoms. The second kappa shape index (κ2) is 7.74. The number of nitrogens with zero attached hydrogens (tertiary/aromatic N) is 2. The SMILES string of the molecule is Cn1cc([C@H]2CNC[C@@H]2C(=O)NCC(O)c2cc(Cl)cc(Cl)c2)cn1. The number of hydrogen-bond donors (Lipinski definition) is 3. The molecule has 1 fully saturated rings. The fourth-order valence-electron chi connectivity index (χ4n) is 3.15. The Kier molecular flexibility index (Phi) is 5.64. The van der Waals surface area contributed by atoms with Gasteiger partial charge in [0.05, 0.1) is 18.2 Å². The maximum Gasteiger partial charge on any atom is 0.225 e. The van der Waals surface area contributed by atoms with Crippen LogP contribution in [-0.4, -0.2) is 40.4 Å². The Bertz CT molecular complexity index is 745. The van der Waals surface area contributed by atoms with Gasteiger partial charge in [-0.05, 0) is 29.3 Å². The van der Waals surface area contributed by atoms with Gasteiger partial charge >= 0.3 is 0 Å². The Morgan fingerprint density at radius 1 is 1.40 bits per heavy atom. The molecule has 0 saturated carbocycles. The highest BCUT2D eigenvalue weighted by molar-refractivity contribution is 6.34. The predicted molar refractivity (Wildman–Crippen MR) is 96.7 cm³/mol. The lowest BCUT2D eigenvalue weighted by molar-refractivity contribution is -0.125. The maximum absolute atomic E-state index is 12.6. The number of aliphatic hydroxyl groups is 1. The number of aliphatic hydroxyl groups excluding tert-OH is 1. The van der Waals surface area contributed by atoms with Crippen molar-refractivity contribution in [3.8, 4) is 0 Å². The van der Waals surface area contributed by atoms with Gasteiger partial charge < -0.3 is 15.7 Å². The number of rotatable bonds is 5. The molecule has 3 atom stereocenters. The molecule has 2 aromatic rings. The number of carbonyl (C=O) groups is 1. The summed E-state index contributed by atoms with van der Waals surface area (Å²) in [4.78, 5) is 12.6. The van der Waals surface area contributed by atoms with Gasteiger partial charge in [0.1, 0.15) is 0 Å². The number of amides is 1. The largest absolute Gasteiger partial charge is 0.387 e. The maximum atomic E-state index is 12.6. The van der Waals surface area contributed by atoms with E-state index in [-0.39, 0.29) is 24.3 Å². The van der Waals surface area contributed by atoms with E-state index in [0.29, 0.717) is 22.2 Å². The minimum Gasteiger partial charge on any atom is -0.387 e. The highest BCUT2D eigenvalue weighted by Crippen LogP contribution is 2.28. The highest BCUT2D eigenvalue weighted by atomic mass is 35.5. The van der Waals surface area contributed by atoms with Gasteiger partial charge in [0.15, 0.2) is 0 Å². The lowest BCUT2D eigenvalue weighted by atomic mass is 9.90. The van der Waals surface area contributed by atoms with E-state index in [2.05, 4.69) is 15.7 Å². The number of hydrogen-bond acceptors (Lipinski definition) is 4. The molecule has 134 valence electrons. The topological polar surface area (TPSA) is 79.2 Å². The number of benzene rings is 1. The van der Waals surface area contributed by atoms with Gasteiger partial charge in [0.25, 0.3) is 0 Å². The Labute approximate surface area is 156 Å². The van der Waals surface area contributed by atoms with Crippen LogP contribution in [0, 0.1) is 5.92 Å². The Hall–Kier alpha value is -1.60. The molecule has 1 aromatic carbocycles. The minimum atomic E-state index is -0.869. The third-order valence-corrected chi connectivity index (χ3v) is 4.88. The molecule has 1 aliphatic rings. The van der Waals surface area contributed by atoms with Crippen molar-refractivity contribution in [2.75, 3.05) is 19.6 Å². The van der Waals surface area contributed by atoms with Gasteiger partial charge in [-0.25, -0.2) is 0 Å². The molecular formula is C17H20Cl2N4O2. The lowest BCUT2D eigenvalue weighted by Gasteiger charge is -2.19. The third kappa shape index (κ3) is 4.33. The first-order valence-electron chi connectivity index (χ1n) is 8.05. The van der Waals surface area contributed by atoms with Gasteiger partial charge in [-0.3, -0.25) is 9.48 Å². The fraction of sp³-hybridized carbons (Fsp3) is 0.412. The van der Waals surface area contributed by atoms with E-state index in [0.717, 1.165) is 12.1 Å². The molecule has 1 amide bonds. The van der Waals surface area contributed by atoms with E-state index >= 15 is 0 Å². The van der Waals surface area contributed by atoms with Crippen LogP contribution in [0.3, 0.4) is 0 Å². The molecule has 2 heterocycles. The van der Waals surface area contributed by atoms with E-state index in [1.165, 1.54) is 0 Å². The average molecular weight is 383 g/mol.